The molecule has 4 aromatic rings. The second kappa shape index (κ2) is 7.30. The van der Waals surface area contributed by atoms with Gasteiger partial charge in [0.05, 0.1) is 16.5 Å². The highest BCUT2D eigenvalue weighted by Crippen LogP contribution is 2.34. The Bertz CT molecular complexity index is 1360. The fourth-order valence-corrected chi connectivity index (χ4v) is 4.53. The van der Waals surface area contributed by atoms with Crippen LogP contribution in [0.25, 0.3) is 32.2 Å². The van der Waals surface area contributed by atoms with Crippen LogP contribution in [0.15, 0.2) is 47.6 Å². The minimum atomic E-state index is -3.35. The highest BCUT2D eigenvalue weighted by molar-refractivity contribution is 7.92. The zero-order valence-electron chi connectivity index (χ0n) is 15.6. The number of pyridine rings is 1. The lowest BCUT2D eigenvalue weighted by Crippen LogP contribution is -2.09. The van der Waals surface area contributed by atoms with E-state index in [0.717, 1.165) is 33.0 Å². The molecule has 2 aromatic carbocycles. The average molecular weight is 428 g/mol. The van der Waals surface area contributed by atoms with Gasteiger partial charge in [-0.1, -0.05) is 29.4 Å². The van der Waals surface area contributed by atoms with E-state index >= 15 is 0 Å². The number of oxime groups is 1. The summed E-state index contributed by atoms with van der Waals surface area (Å²) in [6, 6.07) is 13.0. The molecule has 29 heavy (non-hydrogen) atoms. The van der Waals surface area contributed by atoms with E-state index in [-0.39, 0.29) is 0 Å². The number of thiazole rings is 1. The maximum Gasteiger partial charge on any atom is 0.229 e. The van der Waals surface area contributed by atoms with Gasteiger partial charge in [0.25, 0.3) is 0 Å². The fraction of sp³-hybridized carbons (Fsp3) is 0.105. The third kappa shape index (κ3) is 3.98. The number of hydrogen-bond acceptors (Lipinski definition) is 8. The molecule has 0 amide bonds. The SMILES string of the molecule is CON=Cc1nc2c(N)nc3cc(-c4cccc(NS(C)(=O)=O)c4)ccc3c2s1. The van der Waals surface area contributed by atoms with Crippen LogP contribution in [-0.4, -0.2) is 38.0 Å². The van der Waals surface area contributed by atoms with Gasteiger partial charge in [0, 0.05) is 11.1 Å². The molecule has 0 saturated heterocycles. The molecule has 2 aromatic heterocycles. The Morgan fingerprint density at radius 2 is 1.97 bits per heavy atom. The number of anilines is 2. The van der Waals surface area contributed by atoms with Gasteiger partial charge in [-0.3, -0.25) is 4.72 Å². The van der Waals surface area contributed by atoms with Crippen molar-refractivity contribution in [3.63, 3.8) is 0 Å². The third-order valence-corrected chi connectivity index (χ3v) is 5.77. The Morgan fingerprint density at radius 3 is 2.72 bits per heavy atom. The van der Waals surface area contributed by atoms with E-state index in [4.69, 9.17) is 10.6 Å². The first-order valence-corrected chi connectivity index (χ1v) is 11.2. The molecule has 0 aliphatic heterocycles. The van der Waals surface area contributed by atoms with E-state index in [0.29, 0.717) is 22.0 Å². The second-order valence-electron chi connectivity index (χ2n) is 6.33. The number of rotatable bonds is 5. The summed E-state index contributed by atoms with van der Waals surface area (Å²) in [4.78, 5) is 13.7. The maximum atomic E-state index is 11.5. The fourth-order valence-electron chi connectivity index (χ4n) is 3.00. The minimum Gasteiger partial charge on any atom is -0.399 e. The van der Waals surface area contributed by atoms with Gasteiger partial charge < -0.3 is 10.6 Å². The summed E-state index contributed by atoms with van der Waals surface area (Å²) in [5.41, 5.74) is 9.74. The van der Waals surface area contributed by atoms with E-state index in [2.05, 4.69) is 19.8 Å². The zero-order valence-corrected chi connectivity index (χ0v) is 17.2. The smallest absolute Gasteiger partial charge is 0.229 e. The van der Waals surface area contributed by atoms with Crippen molar-refractivity contribution < 1.29 is 13.3 Å². The molecule has 10 heteroatoms. The van der Waals surface area contributed by atoms with Crippen molar-refractivity contribution in [2.24, 2.45) is 5.16 Å². The first kappa shape index (κ1) is 19.1. The van der Waals surface area contributed by atoms with Crippen molar-refractivity contribution >= 4 is 60.2 Å². The lowest BCUT2D eigenvalue weighted by Gasteiger charge is -2.08. The minimum absolute atomic E-state index is 0.338. The van der Waals surface area contributed by atoms with Gasteiger partial charge in [-0.25, -0.2) is 18.4 Å². The van der Waals surface area contributed by atoms with Gasteiger partial charge in [-0.05, 0) is 29.3 Å². The van der Waals surface area contributed by atoms with Gasteiger partial charge in [0.2, 0.25) is 10.0 Å². The molecule has 0 bridgehead atoms. The van der Waals surface area contributed by atoms with E-state index < -0.39 is 10.0 Å². The normalized spacial score (nSPS) is 12.1. The van der Waals surface area contributed by atoms with Crippen LogP contribution in [0.4, 0.5) is 11.5 Å². The zero-order chi connectivity index (χ0) is 20.6. The number of nitrogen functional groups attached to an aromatic ring is 1. The summed E-state index contributed by atoms with van der Waals surface area (Å²) in [7, 11) is -1.88. The summed E-state index contributed by atoms with van der Waals surface area (Å²) in [6.07, 6.45) is 2.65. The predicted octanol–water partition coefficient (Wildman–Crippen LogP) is 3.45. The molecule has 0 saturated carbocycles. The van der Waals surface area contributed by atoms with E-state index in [1.54, 1.807) is 18.2 Å². The van der Waals surface area contributed by atoms with E-state index in [9.17, 15) is 8.42 Å². The lowest BCUT2D eigenvalue weighted by atomic mass is 10.0. The number of nitrogens with zero attached hydrogens (tertiary/aromatic N) is 3. The predicted molar refractivity (Wildman–Crippen MR) is 118 cm³/mol. The molecule has 3 N–H and O–H groups in total. The molecular formula is C19H17N5O3S2. The molecule has 2 heterocycles. The number of fused-ring (bicyclic) bond motifs is 3. The molecule has 0 atom stereocenters. The highest BCUT2D eigenvalue weighted by Gasteiger charge is 2.13. The Labute approximate surface area is 171 Å². The third-order valence-electron chi connectivity index (χ3n) is 4.14. The first-order chi connectivity index (χ1) is 13.8. The van der Waals surface area contributed by atoms with Crippen molar-refractivity contribution in [3.05, 3.63) is 47.5 Å². The van der Waals surface area contributed by atoms with Crippen molar-refractivity contribution in [1.82, 2.24) is 9.97 Å². The topological polar surface area (TPSA) is 120 Å². The number of aromatic nitrogens is 2. The number of benzene rings is 2. The first-order valence-electron chi connectivity index (χ1n) is 8.48. The Balaban J connectivity index is 1.82. The summed E-state index contributed by atoms with van der Waals surface area (Å²) in [5.74, 6) is 0.338. The Morgan fingerprint density at radius 1 is 1.17 bits per heavy atom. The van der Waals surface area contributed by atoms with Gasteiger partial charge in [-0.2, -0.15) is 0 Å². The number of sulfonamides is 1. The van der Waals surface area contributed by atoms with Crippen LogP contribution < -0.4 is 10.5 Å². The van der Waals surface area contributed by atoms with Gasteiger partial charge in [0.1, 0.15) is 23.8 Å². The number of nitrogens with two attached hydrogens (primary N) is 1. The average Bonchev–Trinajstić information content (AvgIpc) is 3.10. The molecular weight excluding hydrogens is 410 g/mol. The molecule has 0 aliphatic rings. The molecule has 0 unspecified atom stereocenters. The van der Waals surface area contributed by atoms with Crippen molar-refractivity contribution in [3.8, 4) is 11.1 Å². The van der Waals surface area contributed by atoms with Crippen molar-refractivity contribution in [1.29, 1.82) is 0 Å². The van der Waals surface area contributed by atoms with Gasteiger partial charge in [0.15, 0.2) is 5.82 Å². The van der Waals surface area contributed by atoms with Gasteiger partial charge in [-0.15, -0.1) is 11.3 Å². The van der Waals surface area contributed by atoms with Crippen LogP contribution in [0, 0.1) is 0 Å². The van der Waals surface area contributed by atoms with Crippen LogP contribution in [0.2, 0.25) is 0 Å². The molecule has 0 aliphatic carbocycles. The molecule has 4 rings (SSSR count). The van der Waals surface area contributed by atoms with Crippen LogP contribution in [0.5, 0.6) is 0 Å². The quantitative estimate of drug-likeness (QED) is 0.372. The van der Waals surface area contributed by atoms with Crippen LogP contribution in [-0.2, 0) is 14.9 Å². The molecule has 0 spiro atoms. The standard InChI is InChI=1S/C19H17N5O3S2/c1-27-21-10-16-23-17-18(28-16)14-7-6-12(9-15(14)22-19(17)20)11-4-3-5-13(8-11)24-29(2,25)26/h3-10,24H,1-2H3,(H2,20,22). The summed E-state index contributed by atoms with van der Waals surface area (Å²) in [5, 5.41) is 5.35. The molecule has 148 valence electrons. The van der Waals surface area contributed by atoms with Crippen LogP contribution >= 0.6 is 11.3 Å². The monoisotopic (exact) mass is 427 g/mol. The van der Waals surface area contributed by atoms with Crippen molar-refractivity contribution in [2.45, 2.75) is 0 Å². The summed E-state index contributed by atoms with van der Waals surface area (Å²) in [6.45, 7) is 0. The molecule has 8 nitrogen and oxygen atoms in total. The van der Waals surface area contributed by atoms with Crippen LogP contribution in [0.3, 0.4) is 0 Å². The second-order valence-corrected chi connectivity index (χ2v) is 9.11. The molecule has 0 fully saturated rings. The molecule has 0 radical (unpaired) electrons. The Hall–Kier alpha value is -3.24. The largest absolute Gasteiger partial charge is 0.399 e. The van der Waals surface area contributed by atoms with E-state index in [1.807, 2.05) is 24.3 Å². The summed E-state index contributed by atoms with van der Waals surface area (Å²) < 4.78 is 26.4. The number of nitrogens with one attached hydrogen (secondary N) is 1. The lowest BCUT2D eigenvalue weighted by molar-refractivity contribution is 0.215. The maximum absolute atomic E-state index is 11.5. The van der Waals surface area contributed by atoms with Crippen LogP contribution in [0.1, 0.15) is 5.01 Å². The summed E-state index contributed by atoms with van der Waals surface area (Å²) >= 11 is 1.45. The highest BCUT2D eigenvalue weighted by atomic mass is 32.2. The van der Waals surface area contributed by atoms with Gasteiger partial charge >= 0.3 is 0 Å². The Kier molecular flexibility index (Phi) is 4.81. The van der Waals surface area contributed by atoms with Crippen molar-refractivity contribution in [2.75, 3.05) is 23.8 Å². The van der Waals surface area contributed by atoms with E-state index in [1.165, 1.54) is 24.7 Å². The number of hydrogen-bond donors (Lipinski definition) is 2.